The first kappa shape index (κ1) is 15.7. The molecule has 0 rings (SSSR count). The molecular formula is C15H30O. The molecule has 0 fully saturated rings. The van der Waals surface area contributed by atoms with Gasteiger partial charge < -0.3 is 0 Å². The number of carbonyl (C=O) groups is 1. The molecule has 16 heavy (non-hydrogen) atoms. The van der Waals surface area contributed by atoms with Gasteiger partial charge in [0.15, 0.2) is 0 Å². The van der Waals surface area contributed by atoms with E-state index in [-0.39, 0.29) is 10.8 Å². The molecule has 0 heterocycles. The molecule has 0 aromatic rings. The quantitative estimate of drug-likeness (QED) is 0.598. The van der Waals surface area contributed by atoms with Gasteiger partial charge in [-0.1, -0.05) is 54.4 Å². The fourth-order valence-electron chi connectivity index (χ4n) is 2.58. The highest BCUT2D eigenvalue weighted by Gasteiger charge is 2.36. The summed E-state index contributed by atoms with van der Waals surface area (Å²) < 4.78 is 0. The van der Waals surface area contributed by atoms with Gasteiger partial charge in [-0.3, -0.25) is 4.79 Å². The van der Waals surface area contributed by atoms with Gasteiger partial charge in [0.1, 0.15) is 5.78 Å². The molecule has 0 saturated heterocycles. The summed E-state index contributed by atoms with van der Waals surface area (Å²) in [7, 11) is 0. The maximum atomic E-state index is 12.5. The number of hydrogen-bond acceptors (Lipinski definition) is 1. The molecule has 0 radical (unpaired) electrons. The summed E-state index contributed by atoms with van der Waals surface area (Å²) in [5, 5.41) is 0. The molecule has 0 bridgehead atoms. The predicted octanol–water partition coefficient (Wildman–Crippen LogP) is 4.99. The SMILES string of the molecule is CCCC(CC)(CCC)C(=O)CC(C)(C)C. The molecule has 0 saturated carbocycles. The van der Waals surface area contributed by atoms with E-state index in [9.17, 15) is 4.79 Å². The molecule has 0 aliphatic carbocycles. The second-order valence-electron chi connectivity index (χ2n) is 6.29. The summed E-state index contributed by atoms with van der Waals surface area (Å²) in [5.74, 6) is 0.492. The van der Waals surface area contributed by atoms with E-state index in [2.05, 4.69) is 41.5 Å². The number of carbonyl (C=O) groups excluding carboxylic acids is 1. The predicted molar refractivity (Wildman–Crippen MR) is 71.6 cm³/mol. The fourth-order valence-corrected chi connectivity index (χ4v) is 2.58. The van der Waals surface area contributed by atoms with E-state index in [1.54, 1.807) is 0 Å². The first-order valence-electron chi connectivity index (χ1n) is 6.84. The molecule has 1 nitrogen and oxygen atoms in total. The monoisotopic (exact) mass is 226 g/mol. The second kappa shape index (κ2) is 6.42. The lowest BCUT2D eigenvalue weighted by Gasteiger charge is -2.33. The van der Waals surface area contributed by atoms with E-state index in [1.807, 2.05) is 0 Å². The number of Topliss-reactive ketones (excluding diaryl/α,β-unsaturated/α-hetero) is 1. The van der Waals surface area contributed by atoms with Crippen molar-refractivity contribution in [3.8, 4) is 0 Å². The Kier molecular flexibility index (Phi) is 6.28. The average molecular weight is 226 g/mol. The Labute approximate surface area is 102 Å². The summed E-state index contributed by atoms with van der Waals surface area (Å²) in [6, 6.07) is 0. The smallest absolute Gasteiger partial charge is 0.139 e. The van der Waals surface area contributed by atoms with Crippen LogP contribution in [0.3, 0.4) is 0 Å². The molecule has 0 spiro atoms. The van der Waals surface area contributed by atoms with Crippen LogP contribution in [0.25, 0.3) is 0 Å². The number of hydrogen-bond donors (Lipinski definition) is 0. The van der Waals surface area contributed by atoms with Crippen LogP contribution in [-0.4, -0.2) is 5.78 Å². The largest absolute Gasteiger partial charge is 0.299 e. The van der Waals surface area contributed by atoms with E-state index in [0.717, 1.165) is 38.5 Å². The first-order chi connectivity index (χ1) is 7.31. The Hall–Kier alpha value is -0.330. The zero-order chi connectivity index (χ0) is 12.8. The summed E-state index contributed by atoms with van der Waals surface area (Å²) in [6.45, 7) is 13.0. The van der Waals surface area contributed by atoms with Crippen molar-refractivity contribution in [1.82, 2.24) is 0 Å². The van der Waals surface area contributed by atoms with Crippen molar-refractivity contribution in [3.63, 3.8) is 0 Å². The normalized spacial score (nSPS) is 12.9. The van der Waals surface area contributed by atoms with Gasteiger partial charge in [-0.15, -0.1) is 0 Å². The van der Waals surface area contributed by atoms with Crippen molar-refractivity contribution < 1.29 is 4.79 Å². The molecule has 0 aliphatic heterocycles. The van der Waals surface area contributed by atoms with Gasteiger partial charge in [0.25, 0.3) is 0 Å². The van der Waals surface area contributed by atoms with Crippen LogP contribution in [0.1, 0.15) is 80.1 Å². The van der Waals surface area contributed by atoms with Crippen LogP contribution in [0.5, 0.6) is 0 Å². The fraction of sp³-hybridized carbons (Fsp3) is 0.933. The van der Waals surface area contributed by atoms with Crippen molar-refractivity contribution in [3.05, 3.63) is 0 Å². The molecular weight excluding hydrogens is 196 g/mol. The highest BCUT2D eigenvalue weighted by molar-refractivity contribution is 5.85. The lowest BCUT2D eigenvalue weighted by Crippen LogP contribution is -2.33. The van der Waals surface area contributed by atoms with E-state index in [4.69, 9.17) is 0 Å². The van der Waals surface area contributed by atoms with Gasteiger partial charge in [0, 0.05) is 11.8 Å². The Morgan fingerprint density at radius 1 is 0.938 bits per heavy atom. The van der Waals surface area contributed by atoms with E-state index >= 15 is 0 Å². The van der Waals surface area contributed by atoms with E-state index in [1.165, 1.54) is 0 Å². The maximum Gasteiger partial charge on any atom is 0.139 e. The molecule has 1 heteroatoms. The zero-order valence-electron chi connectivity index (χ0n) is 12.2. The van der Waals surface area contributed by atoms with Gasteiger partial charge in [-0.05, 0) is 24.7 Å². The third kappa shape index (κ3) is 4.67. The first-order valence-corrected chi connectivity index (χ1v) is 6.84. The van der Waals surface area contributed by atoms with Gasteiger partial charge in [-0.2, -0.15) is 0 Å². The van der Waals surface area contributed by atoms with Crippen LogP contribution in [0.4, 0.5) is 0 Å². The lowest BCUT2D eigenvalue weighted by atomic mass is 9.69. The minimum absolute atomic E-state index is 0.0310. The van der Waals surface area contributed by atoms with Crippen molar-refractivity contribution in [1.29, 1.82) is 0 Å². The van der Waals surface area contributed by atoms with Crippen LogP contribution in [0.15, 0.2) is 0 Å². The second-order valence-corrected chi connectivity index (χ2v) is 6.29. The Bertz CT molecular complexity index is 204. The molecule has 0 atom stereocenters. The molecule has 0 amide bonds. The number of rotatable bonds is 7. The van der Waals surface area contributed by atoms with Crippen molar-refractivity contribution in [2.75, 3.05) is 0 Å². The Balaban J connectivity index is 4.79. The van der Waals surface area contributed by atoms with E-state index in [0.29, 0.717) is 5.78 Å². The van der Waals surface area contributed by atoms with E-state index < -0.39 is 0 Å². The van der Waals surface area contributed by atoms with Gasteiger partial charge in [0.2, 0.25) is 0 Å². The standard InChI is InChI=1S/C15H30O/c1-7-10-15(9-3,11-8-2)13(16)12-14(4,5)6/h7-12H2,1-6H3. The third-order valence-electron chi connectivity index (χ3n) is 3.42. The molecule has 0 N–H and O–H groups in total. The molecule has 0 aromatic carbocycles. The number of ketones is 1. The minimum atomic E-state index is -0.0310. The van der Waals surface area contributed by atoms with Crippen LogP contribution in [0.2, 0.25) is 0 Å². The minimum Gasteiger partial charge on any atom is -0.299 e. The zero-order valence-corrected chi connectivity index (χ0v) is 12.2. The topological polar surface area (TPSA) is 17.1 Å². The van der Waals surface area contributed by atoms with Crippen LogP contribution in [-0.2, 0) is 4.79 Å². The molecule has 0 unspecified atom stereocenters. The lowest BCUT2D eigenvalue weighted by molar-refractivity contribution is -0.131. The highest BCUT2D eigenvalue weighted by Crippen LogP contribution is 2.38. The summed E-state index contributed by atoms with van der Waals surface area (Å²) in [5.41, 5.74) is 0.0930. The third-order valence-corrected chi connectivity index (χ3v) is 3.42. The molecule has 0 aromatic heterocycles. The molecule has 96 valence electrons. The van der Waals surface area contributed by atoms with Gasteiger partial charge in [-0.25, -0.2) is 0 Å². The van der Waals surface area contributed by atoms with Crippen LogP contribution in [0, 0.1) is 10.8 Å². The van der Waals surface area contributed by atoms with Crippen LogP contribution >= 0.6 is 0 Å². The van der Waals surface area contributed by atoms with Gasteiger partial charge in [0.05, 0.1) is 0 Å². The van der Waals surface area contributed by atoms with Crippen molar-refractivity contribution in [2.24, 2.45) is 10.8 Å². The maximum absolute atomic E-state index is 12.5. The van der Waals surface area contributed by atoms with Crippen LogP contribution < -0.4 is 0 Å². The average Bonchev–Trinajstić information content (AvgIpc) is 2.14. The van der Waals surface area contributed by atoms with Crippen molar-refractivity contribution in [2.45, 2.75) is 80.1 Å². The summed E-state index contributed by atoms with van der Waals surface area (Å²) in [6.07, 6.45) is 6.08. The Morgan fingerprint density at radius 3 is 1.62 bits per heavy atom. The van der Waals surface area contributed by atoms with Gasteiger partial charge >= 0.3 is 0 Å². The summed E-state index contributed by atoms with van der Waals surface area (Å²) >= 11 is 0. The van der Waals surface area contributed by atoms with Crippen molar-refractivity contribution >= 4 is 5.78 Å². The summed E-state index contributed by atoms with van der Waals surface area (Å²) in [4.78, 5) is 12.5. The Morgan fingerprint density at radius 2 is 1.38 bits per heavy atom. The molecule has 0 aliphatic rings. The highest BCUT2D eigenvalue weighted by atomic mass is 16.1.